The molecule has 2 aliphatic rings. The molecule has 1 N–H and O–H groups in total. The number of nitrogens with zero attached hydrogens (tertiary/aromatic N) is 2. The van der Waals surface area contributed by atoms with E-state index in [0.29, 0.717) is 6.54 Å². The van der Waals surface area contributed by atoms with E-state index in [0.717, 1.165) is 26.2 Å². The van der Waals surface area contributed by atoms with Crippen molar-refractivity contribution in [2.45, 2.75) is 25.3 Å². The van der Waals surface area contributed by atoms with Crippen molar-refractivity contribution < 1.29 is 18.3 Å². The highest BCUT2D eigenvalue weighted by molar-refractivity contribution is 7.91. The fraction of sp³-hybridized carbons (Fsp3) is 0.917. The zero-order chi connectivity index (χ0) is 13.9. The van der Waals surface area contributed by atoms with Gasteiger partial charge in [0.1, 0.15) is 0 Å². The quantitative estimate of drug-likeness (QED) is 0.746. The summed E-state index contributed by atoms with van der Waals surface area (Å²) in [6.07, 6.45) is 2.37. The fourth-order valence-corrected chi connectivity index (χ4v) is 4.48. The smallest absolute Gasteiger partial charge is 0.304 e. The predicted molar refractivity (Wildman–Crippen MR) is 71.9 cm³/mol. The number of hydrogen-bond acceptors (Lipinski definition) is 5. The Balaban J connectivity index is 1.90. The monoisotopic (exact) mass is 290 g/mol. The Morgan fingerprint density at radius 2 is 1.84 bits per heavy atom. The van der Waals surface area contributed by atoms with Crippen LogP contribution in [0, 0.1) is 0 Å². The molecule has 0 bridgehead atoms. The van der Waals surface area contributed by atoms with Gasteiger partial charge in [0, 0.05) is 25.7 Å². The van der Waals surface area contributed by atoms with Gasteiger partial charge in [0.15, 0.2) is 9.84 Å². The molecule has 110 valence electrons. The lowest BCUT2D eigenvalue weighted by Gasteiger charge is -2.35. The summed E-state index contributed by atoms with van der Waals surface area (Å²) >= 11 is 0. The van der Waals surface area contributed by atoms with Gasteiger partial charge < -0.3 is 10.0 Å². The summed E-state index contributed by atoms with van der Waals surface area (Å²) in [7, 11) is -3.07. The maximum absolute atomic E-state index is 11.6. The molecule has 0 radical (unpaired) electrons. The molecule has 7 heteroatoms. The number of likely N-dealkylation sites (tertiary alicyclic amines) is 1. The highest BCUT2D eigenvalue weighted by Gasteiger charge is 2.32. The summed E-state index contributed by atoms with van der Waals surface area (Å²) < 4.78 is 23.2. The molecule has 1 atom stereocenters. The van der Waals surface area contributed by atoms with E-state index in [1.807, 2.05) is 4.90 Å². The van der Waals surface area contributed by atoms with Crippen LogP contribution >= 0.6 is 0 Å². The van der Waals surface area contributed by atoms with Crippen molar-refractivity contribution in [3.63, 3.8) is 0 Å². The van der Waals surface area contributed by atoms with Crippen LogP contribution in [0.3, 0.4) is 0 Å². The van der Waals surface area contributed by atoms with Crippen molar-refractivity contribution in [2.24, 2.45) is 0 Å². The molecular formula is C12H22N2O4S. The lowest BCUT2D eigenvalue weighted by atomic mass is 10.2. The van der Waals surface area contributed by atoms with Crippen LogP contribution in [0.2, 0.25) is 0 Å². The lowest BCUT2D eigenvalue weighted by Crippen LogP contribution is -2.51. The molecule has 0 aromatic rings. The maximum atomic E-state index is 11.6. The molecule has 2 saturated heterocycles. The van der Waals surface area contributed by atoms with E-state index in [1.54, 1.807) is 0 Å². The van der Waals surface area contributed by atoms with Gasteiger partial charge in [-0.2, -0.15) is 0 Å². The molecule has 0 spiro atoms. The minimum absolute atomic E-state index is 0.0146. The van der Waals surface area contributed by atoms with E-state index in [4.69, 9.17) is 5.11 Å². The first-order valence-electron chi connectivity index (χ1n) is 6.85. The highest BCUT2D eigenvalue weighted by Crippen LogP contribution is 2.16. The molecule has 6 nitrogen and oxygen atoms in total. The number of hydrogen-bond donors (Lipinski definition) is 1. The van der Waals surface area contributed by atoms with Gasteiger partial charge in [-0.3, -0.25) is 9.69 Å². The molecule has 0 aliphatic carbocycles. The fourth-order valence-electron chi connectivity index (χ4n) is 2.88. The van der Waals surface area contributed by atoms with Crippen LogP contribution in [-0.4, -0.2) is 79.6 Å². The van der Waals surface area contributed by atoms with E-state index in [9.17, 15) is 13.2 Å². The van der Waals surface area contributed by atoms with Crippen LogP contribution in [0.25, 0.3) is 0 Å². The van der Waals surface area contributed by atoms with Gasteiger partial charge >= 0.3 is 5.97 Å². The predicted octanol–water partition coefficient (Wildman–Crippen LogP) is -0.344. The molecule has 2 rings (SSSR count). The van der Waals surface area contributed by atoms with Gasteiger partial charge in [0.25, 0.3) is 0 Å². The molecule has 1 unspecified atom stereocenters. The Bertz CT molecular complexity index is 417. The number of carboxylic acid groups (broad SMARTS) is 1. The standard InChI is InChI=1S/C12H22N2O4S/c15-12(16)9-11-10-19(17,18)8-7-14(11)6-5-13-3-1-2-4-13/h11H,1-10H2,(H,15,16). The molecule has 0 amide bonds. The third-order valence-corrected chi connectivity index (χ3v) is 5.66. The Morgan fingerprint density at radius 3 is 2.47 bits per heavy atom. The van der Waals surface area contributed by atoms with E-state index in [1.165, 1.54) is 12.8 Å². The van der Waals surface area contributed by atoms with E-state index < -0.39 is 15.8 Å². The Kier molecular flexibility index (Phi) is 4.81. The summed E-state index contributed by atoms with van der Waals surface area (Å²) in [4.78, 5) is 15.2. The molecule has 2 fully saturated rings. The van der Waals surface area contributed by atoms with Crippen LogP contribution < -0.4 is 0 Å². The third kappa shape index (κ3) is 4.43. The summed E-state index contributed by atoms with van der Waals surface area (Å²) in [5.74, 6) is -0.782. The van der Waals surface area contributed by atoms with Crippen molar-refractivity contribution in [3.8, 4) is 0 Å². The van der Waals surface area contributed by atoms with Crippen molar-refractivity contribution in [1.29, 1.82) is 0 Å². The van der Waals surface area contributed by atoms with E-state index in [2.05, 4.69) is 4.90 Å². The molecular weight excluding hydrogens is 268 g/mol. The maximum Gasteiger partial charge on any atom is 0.304 e. The molecule has 19 heavy (non-hydrogen) atoms. The van der Waals surface area contributed by atoms with Crippen LogP contribution in [0.4, 0.5) is 0 Å². The lowest BCUT2D eigenvalue weighted by molar-refractivity contribution is -0.138. The first-order valence-corrected chi connectivity index (χ1v) is 8.67. The number of sulfone groups is 1. The normalized spacial score (nSPS) is 28.5. The van der Waals surface area contributed by atoms with Gasteiger partial charge in [-0.05, 0) is 25.9 Å². The molecule has 0 aromatic carbocycles. The van der Waals surface area contributed by atoms with Gasteiger partial charge in [-0.1, -0.05) is 0 Å². The first-order chi connectivity index (χ1) is 8.96. The molecule has 2 heterocycles. The summed E-state index contributed by atoms with van der Waals surface area (Å²) in [5.41, 5.74) is 0. The number of rotatable bonds is 5. The van der Waals surface area contributed by atoms with Crippen molar-refractivity contribution in [3.05, 3.63) is 0 Å². The van der Waals surface area contributed by atoms with Crippen molar-refractivity contribution in [1.82, 2.24) is 9.80 Å². The van der Waals surface area contributed by atoms with Crippen LogP contribution in [-0.2, 0) is 14.6 Å². The molecule has 2 aliphatic heterocycles. The second-order valence-electron chi connectivity index (χ2n) is 5.45. The topological polar surface area (TPSA) is 77.9 Å². The van der Waals surface area contributed by atoms with Gasteiger partial charge in [-0.15, -0.1) is 0 Å². The Morgan fingerprint density at radius 1 is 1.16 bits per heavy atom. The van der Waals surface area contributed by atoms with Crippen molar-refractivity contribution in [2.75, 3.05) is 44.2 Å². The van der Waals surface area contributed by atoms with Crippen LogP contribution in [0.1, 0.15) is 19.3 Å². The van der Waals surface area contributed by atoms with Crippen LogP contribution in [0.15, 0.2) is 0 Å². The minimum atomic E-state index is -3.07. The number of aliphatic carboxylic acids is 1. The van der Waals surface area contributed by atoms with Crippen molar-refractivity contribution >= 4 is 15.8 Å². The minimum Gasteiger partial charge on any atom is -0.481 e. The number of carbonyl (C=O) groups is 1. The van der Waals surface area contributed by atoms with Gasteiger partial charge in [0.05, 0.1) is 17.9 Å². The number of carboxylic acids is 1. The SMILES string of the molecule is O=C(O)CC1CS(=O)(=O)CCN1CCN1CCCC1. The van der Waals surface area contributed by atoms with Gasteiger partial charge in [-0.25, -0.2) is 8.42 Å². The second-order valence-corrected chi connectivity index (χ2v) is 7.68. The first kappa shape index (κ1) is 14.7. The molecule has 0 saturated carbocycles. The summed E-state index contributed by atoms with van der Waals surface area (Å²) in [5, 5.41) is 8.90. The van der Waals surface area contributed by atoms with E-state index >= 15 is 0 Å². The van der Waals surface area contributed by atoms with Gasteiger partial charge in [0.2, 0.25) is 0 Å². The zero-order valence-electron chi connectivity index (χ0n) is 11.1. The second kappa shape index (κ2) is 6.19. The van der Waals surface area contributed by atoms with E-state index in [-0.39, 0.29) is 24.0 Å². The largest absolute Gasteiger partial charge is 0.481 e. The Hall–Kier alpha value is -0.660. The highest BCUT2D eigenvalue weighted by atomic mass is 32.2. The molecule has 0 aromatic heterocycles. The summed E-state index contributed by atoms with van der Waals surface area (Å²) in [6, 6.07) is -0.362. The third-order valence-electron chi connectivity index (χ3n) is 3.96. The average Bonchev–Trinajstić information content (AvgIpc) is 2.79. The van der Waals surface area contributed by atoms with Crippen LogP contribution in [0.5, 0.6) is 0 Å². The zero-order valence-corrected chi connectivity index (χ0v) is 11.9. The summed E-state index contributed by atoms with van der Waals surface area (Å²) in [6.45, 7) is 4.36. The average molecular weight is 290 g/mol. The Labute approximate surface area is 114 Å².